The molecule has 34 heavy (non-hydrogen) atoms. The van der Waals surface area contributed by atoms with E-state index in [2.05, 4.69) is 0 Å². The average molecular weight is 471 g/mol. The van der Waals surface area contributed by atoms with Crippen molar-refractivity contribution in [1.82, 2.24) is 4.67 Å². The second-order valence-corrected chi connectivity index (χ2v) is 9.55. The van der Waals surface area contributed by atoms with Crippen LogP contribution in [0.1, 0.15) is 11.1 Å². The molecule has 0 spiro atoms. The number of nitrogens with zero attached hydrogens (tertiary/aromatic N) is 1. The number of hydrogen-bond acceptors (Lipinski definition) is 5. The molecule has 7 heteroatoms. The lowest BCUT2D eigenvalue weighted by atomic mass is 9.86. The number of hydrogen-bond donors (Lipinski definition) is 0. The zero-order valence-electron chi connectivity index (χ0n) is 18.2. The van der Waals surface area contributed by atoms with Gasteiger partial charge in [-0.1, -0.05) is 97.1 Å². The van der Waals surface area contributed by atoms with Crippen LogP contribution < -0.4 is 9.05 Å². The number of ether oxygens (including phenoxy) is 1. The summed E-state index contributed by atoms with van der Waals surface area (Å²) in [5.41, 5.74) is 0.320. The Balaban J connectivity index is 1.59. The van der Waals surface area contributed by atoms with Crippen LogP contribution in [0, 0.1) is 0 Å². The van der Waals surface area contributed by atoms with E-state index in [1.54, 1.807) is 48.5 Å². The first-order chi connectivity index (χ1) is 16.6. The molecule has 1 aliphatic heterocycles. The van der Waals surface area contributed by atoms with E-state index >= 15 is 0 Å². The minimum absolute atomic E-state index is 0.0587. The van der Waals surface area contributed by atoms with Gasteiger partial charge in [-0.05, 0) is 24.3 Å². The van der Waals surface area contributed by atoms with Gasteiger partial charge in [0.25, 0.3) is 0 Å². The highest BCUT2D eigenvalue weighted by Crippen LogP contribution is 2.57. The largest absolute Gasteiger partial charge is 0.549 e. The number of amides is 1. The Bertz CT molecular complexity index is 1220. The first kappa shape index (κ1) is 21.8. The normalized spacial score (nSPS) is 14.9. The lowest BCUT2D eigenvalue weighted by molar-refractivity contribution is 0.0864. The van der Waals surface area contributed by atoms with E-state index in [0.29, 0.717) is 11.5 Å². The molecule has 4 aromatic carbocycles. The summed E-state index contributed by atoms with van der Waals surface area (Å²) in [7, 11) is -4.23. The van der Waals surface area contributed by atoms with Crippen LogP contribution in [0.3, 0.4) is 0 Å². The molecule has 0 saturated carbocycles. The van der Waals surface area contributed by atoms with Crippen LogP contribution in [0.5, 0.6) is 11.5 Å². The second kappa shape index (κ2) is 9.08. The number of para-hydroxylation sites is 2. The number of cyclic esters (lactones) is 1. The monoisotopic (exact) mass is 471 g/mol. The van der Waals surface area contributed by atoms with Crippen LogP contribution in [0.25, 0.3) is 0 Å². The maximum Gasteiger partial charge on any atom is 0.549 e. The molecule has 1 saturated heterocycles. The Morgan fingerprint density at radius 3 is 1.44 bits per heavy atom. The minimum atomic E-state index is -4.23. The molecule has 170 valence electrons. The number of carbonyl (C=O) groups excluding carboxylic acids is 1. The Hall–Kier alpha value is -4.02. The smallest absolute Gasteiger partial charge is 0.431 e. The Labute approximate surface area is 197 Å². The SMILES string of the molecule is O=C1OC(c2ccccc2)(c2ccccc2)CN1P(=O)(Oc1ccccc1)Oc1ccccc1. The van der Waals surface area contributed by atoms with Gasteiger partial charge in [0, 0.05) is 11.1 Å². The fraction of sp³-hybridized carbons (Fsp3) is 0.0741. The van der Waals surface area contributed by atoms with Gasteiger partial charge in [-0.25, -0.2) is 9.36 Å². The summed E-state index contributed by atoms with van der Waals surface area (Å²) >= 11 is 0. The quantitative estimate of drug-likeness (QED) is 0.283. The summed E-state index contributed by atoms with van der Waals surface area (Å²) in [6, 6.07) is 36.1. The van der Waals surface area contributed by atoms with Gasteiger partial charge in [-0.2, -0.15) is 4.67 Å². The zero-order chi connectivity index (χ0) is 23.4. The van der Waals surface area contributed by atoms with Gasteiger partial charge in [0.2, 0.25) is 0 Å². The number of benzene rings is 4. The lowest BCUT2D eigenvalue weighted by Gasteiger charge is -2.29. The summed E-state index contributed by atoms with van der Waals surface area (Å²) in [6.45, 7) is -0.0587. The maximum atomic E-state index is 14.3. The summed E-state index contributed by atoms with van der Waals surface area (Å²) in [5, 5.41) is 0. The van der Waals surface area contributed by atoms with Crippen molar-refractivity contribution in [3.8, 4) is 11.5 Å². The molecule has 0 aliphatic carbocycles. The molecule has 4 aromatic rings. The molecule has 1 fully saturated rings. The van der Waals surface area contributed by atoms with Gasteiger partial charge in [0.05, 0.1) is 6.54 Å². The topological polar surface area (TPSA) is 65.1 Å². The van der Waals surface area contributed by atoms with E-state index in [0.717, 1.165) is 15.8 Å². The molecule has 6 nitrogen and oxygen atoms in total. The van der Waals surface area contributed by atoms with Gasteiger partial charge < -0.3 is 13.8 Å². The molecule has 0 radical (unpaired) electrons. The van der Waals surface area contributed by atoms with Crippen LogP contribution in [0.4, 0.5) is 4.79 Å². The van der Waals surface area contributed by atoms with E-state index in [-0.39, 0.29) is 6.54 Å². The Morgan fingerprint density at radius 1 is 0.647 bits per heavy atom. The number of rotatable bonds is 7. The van der Waals surface area contributed by atoms with Crippen molar-refractivity contribution in [2.75, 3.05) is 6.54 Å². The van der Waals surface area contributed by atoms with Crippen molar-refractivity contribution < 1.29 is 23.1 Å². The van der Waals surface area contributed by atoms with E-state index in [9.17, 15) is 9.36 Å². The minimum Gasteiger partial charge on any atom is -0.431 e. The summed E-state index contributed by atoms with van der Waals surface area (Å²) in [5.74, 6) is 0.623. The number of carbonyl (C=O) groups is 1. The second-order valence-electron chi connectivity index (χ2n) is 7.76. The van der Waals surface area contributed by atoms with Crippen LogP contribution >= 0.6 is 7.75 Å². The van der Waals surface area contributed by atoms with E-state index < -0.39 is 19.4 Å². The molecule has 1 heterocycles. The van der Waals surface area contributed by atoms with Crippen molar-refractivity contribution in [2.24, 2.45) is 0 Å². The van der Waals surface area contributed by atoms with E-state index in [4.69, 9.17) is 13.8 Å². The lowest BCUT2D eigenvalue weighted by Crippen LogP contribution is -2.33. The molecule has 0 atom stereocenters. The van der Waals surface area contributed by atoms with Crippen LogP contribution in [0.15, 0.2) is 121 Å². The summed E-state index contributed by atoms with van der Waals surface area (Å²) < 4.78 is 33.1. The van der Waals surface area contributed by atoms with Gasteiger partial charge in [0.15, 0.2) is 5.60 Å². The standard InChI is InChI=1S/C27H22NO5P/c29-26-28(21-27(31-26,22-13-5-1-6-14-22)23-15-7-2-8-16-23)34(30,32-24-17-9-3-10-18-24)33-25-19-11-4-12-20-25/h1-20H,21H2. The Morgan fingerprint density at radius 2 is 1.03 bits per heavy atom. The van der Waals surface area contributed by atoms with Crippen molar-refractivity contribution in [1.29, 1.82) is 0 Å². The van der Waals surface area contributed by atoms with Crippen molar-refractivity contribution in [2.45, 2.75) is 5.60 Å². The predicted octanol–water partition coefficient (Wildman–Crippen LogP) is 6.65. The molecular formula is C27H22NO5P. The molecule has 0 N–H and O–H groups in total. The summed E-state index contributed by atoms with van der Waals surface area (Å²) in [4.78, 5) is 13.3. The molecule has 1 amide bonds. The Kier molecular flexibility index (Phi) is 5.83. The van der Waals surface area contributed by atoms with Crippen molar-refractivity contribution in [3.63, 3.8) is 0 Å². The zero-order valence-corrected chi connectivity index (χ0v) is 19.1. The molecule has 0 aromatic heterocycles. The predicted molar refractivity (Wildman–Crippen MR) is 129 cm³/mol. The molecule has 0 bridgehead atoms. The van der Waals surface area contributed by atoms with E-state index in [1.807, 2.05) is 72.8 Å². The molecule has 0 unspecified atom stereocenters. The highest BCUT2D eigenvalue weighted by atomic mass is 31.2. The average Bonchev–Trinajstić information content (AvgIpc) is 3.25. The van der Waals surface area contributed by atoms with Crippen molar-refractivity contribution >= 4 is 13.8 Å². The summed E-state index contributed by atoms with van der Waals surface area (Å²) in [6.07, 6.45) is -0.789. The first-order valence-electron chi connectivity index (χ1n) is 10.8. The van der Waals surface area contributed by atoms with Gasteiger partial charge >= 0.3 is 13.8 Å². The fourth-order valence-corrected chi connectivity index (χ4v) is 5.55. The molecule has 5 rings (SSSR count). The van der Waals surface area contributed by atoms with Gasteiger partial charge in [-0.3, -0.25) is 0 Å². The van der Waals surface area contributed by atoms with Crippen LogP contribution in [-0.4, -0.2) is 17.3 Å². The first-order valence-corrected chi connectivity index (χ1v) is 12.3. The third-order valence-electron chi connectivity index (χ3n) is 5.55. The highest BCUT2D eigenvalue weighted by Gasteiger charge is 2.56. The third-order valence-corrected chi connectivity index (χ3v) is 7.33. The van der Waals surface area contributed by atoms with Crippen molar-refractivity contribution in [3.05, 3.63) is 132 Å². The van der Waals surface area contributed by atoms with Gasteiger partial charge in [-0.15, -0.1) is 0 Å². The van der Waals surface area contributed by atoms with Gasteiger partial charge in [0.1, 0.15) is 11.5 Å². The third kappa shape index (κ3) is 4.16. The highest BCUT2D eigenvalue weighted by molar-refractivity contribution is 7.52. The molecule has 1 aliphatic rings. The van der Waals surface area contributed by atoms with E-state index in [1.165, 1.54) is 0 Å². The fourth-order valence-electron chi connectivity index (χ4n) is 3.92. The van der Waals surface area contributed by atoms with Crippen LogP contribution in [0.2, 0.25) is 0 Å². The van der Waals surface area contributed by atoms with Crippen LogP contribution in [-0.2, 0) is 14.9 Å². The maximum absolute atomic E-state index is 14.3. The molecular weight excluding hydrogens is 449 g/mol.